The van der Waals surface area contributed by atoms with Gasteiger partial charge in [0, 0.05) is 12.0 Å². The maximum absolute atomic E-state index is 14.1. The molecular weight excluding hydrogens is 354 g/mol. The Morgan fingerprint density at radius 2 is 1.42 bits per heavy atom. The Labute approximate surface area is 148 Å². The van der Waals surface area contributed by atoms with E-state index in [1.807, 2.05) is 0 Å². The number of allylic oxidation sites excluding steroid dienone is 4. The lowest BCUT2D eigenvalue weighted by molar-refractivity contribution is -0.288. The lowest BCUT2D eigenvalue weighted by Gasteiger charge is -2.38. The Morgan fingerprint density at radius 3 is 1.92 bits per heavy atom. The Bertz CT molecular complexity index is 824. The highest BCUT2D eigenvalue weighted by Gasteiger charge is 2.73. The number of benzene rings is 1. The van der Waals surface area contributed by atoms with Gasteiger partial charge < -0.3 is 0 Å². The van der Waals surface area contributed by atoms with E-state index in [0.717, 1.165) is 18.2 Å². The summed E-state index contributed by atoms with van der Waals surface area (Å²) in [6.07, 6.45) is -10.2. The molecule has 6 heteroatoms. The second-order valence-corrected chi connectivity index (χ2v) is 6.54. The van der Waals surface area contributed by atoms with E-state index in [-0.39, 0.29) is 6.42 Å². The number of hydrogen-bond acceptors (Lipinski definition) is 0. The highest BCUT2D eigenvalue weighted by atomic mass is 19.4. The van der Waals surface area contributed by atoms with E-state index in [4.69, 9.17) is 0 Å². The first-order chi connectivity index (χ1) is 11.8. The topological polar surface area (TPSA) is 0 Å². The fraction of sp³-hybridized carbons (Fsp3) is 0.400. The number of alkyl halides is 6. The molecule has 0 atom stereocenters. The number of halogens is 6. The smallest absolute Gasteiger partial charge is 0.169 e. The van der Waals surface area contributed by atoms with Gasteiger partial charge in [0.15, 0.2) is 0 Å². The van der Waals surface area contributed by atoms with Crippen LogP contribution in [0.1, 0.15) is 37.0 Å². The van der Waals surface area contributed by atoms with Gasteiger partial charge in [0.2, 0.25) is 5.41 Å². The highest BCUT2D eigenvalue weighted by molar-refractivity contribution is 5.55. The predicted molar refractivity (Wildman–Crippen MR) is 88.6 cm³/mol. The van der Waals surface area contributed by atoms with Crippen LogP contribution in [0.4, 0.5) is 26.3 Å². The van der Waals surface area contributed by atoms with Crippen molar-refractivity contribution in [3.05, 3.63) is 57.7 Å². The molecule has 1 aromatic rings. The third-order valence-corrected chi connectivity index (χ3v) is 4.80. The van der Waals surface area contributed by atoms with E-state index in [1.54, 1.807) is 13.8 Å². The molecule has 0 radical (unpaired) electrons. The second-order valence-electron chi connectivity index (χ2n) is 6.54. The summed E-state index contributed by atoms with van der Waals surface area (Å²) in [5.41, 5.74) is -4.07. The quantitative estimate of drug-likeness (QED) is 0.420. The first-order valence-corrected chi connectivity index (χ1v) is 7.91. The van der Waals surface area contributed by atoms with Crippen molar-refractivity contribution < 1.29 is 26.3 Å². The molecule has 0 aliphatic heterocycles. The second kappa shape index (κ2) is 6.53. The van der Waals surface area contributed by atoms with Crippen LogP contribution < -0.4 is 0 Å². The van der Waals surface area contributed by atoms with Crippen molar-refractivity contribution in [3.63, 3.8) is 0 Å². The van der Waals surface area contributed by atoms with Gasteiger partial charge in [-0.25, -0.2) is 0 Å². The molecular formula is C20H18F6. The minimum Gasteiger partial charge on any atom is -0.169 e. The summed E-state index contributed by atoms with van der Waals surface area (Å²) in [5.74, 6) is 4.61. The largest absolute Gasteiger partial charge is 0.411 e. The molecule has 2 rings (SSSR count). The molecule has 0 fully saturated rings. The van der Waals surface area contributed by atoms with E-state index < -0.39 is 28.9 Å². The number of rotatable bonds is 2. The van der Waals surface area contributed by atoms with Crippen molar-refractivity contribution in [3.8, 4) is 11.8 Å². The van der Waals surface area contributed by atoms with Crippen LogP contribution in [0.2, 0.25) is 0 Å². The molecule has 0 N–H and O–H groups in total. The average molecular weight is 372 g/mol. The number of aryl methyl sites for hydroxylation is 2. The van der Waals surface area contributed by atoms with Gasteiger partial charge >= 0.3 is 12.4 Å². The van der Waals surface area contributed by atoms with Crippen molar-refractivity contribution in [2.24, 2.45) is 0 Å². The fourth-order valence-corrected chi connectivity index (χ4v) is 2.91. The summed E-state index contributed by atoms with van der Waals surface area (Å²) in [4.78, 5) is 0. The Kier molecular flexibility index (Phi) is 5.06. The van der Waals surface area contributed by atoms with Crippen LogP contribution in [-0.4, -0.2) is 12.4 Å². The molecule has 0 nitrogen and oxygen atoms in total. The molecule has 26 heavy (non-hydrogen) atoms. The van der Waals surface area contributed by atoms with Gasteiger partial charge in [0.1, 0.15) is 0 Å². The van der Waals surface area contributed by atoms with Crippen LogP contribution >= 0.6 is 0 Å². The Morgan fingerprint density at radius 1 is 0.846 bits per heavy atom. The molecule has 140 valence electrons. The first-order valence-electron chi connectivity index (χ1n) is 7.91. The first kappa shape index (κ1) is 20.2. The maximum atomic E-state index is 14.1. The van der Waals surface area contributed by atoms with E-state index >= 15 is 0 Å². The lowest BCUT2D eigenvalue weighted by Crippen LogP contribution is -2.55. The third-order valence-electron chi connectivity index (χ3n) is 4.80. The van der Waals surface area contributed by atoms with Crippen LogP contribution in [0.5, 0.6) is 0 Å². The van der Waals surface area contributed by atoms with Crippen molar-refractivity contribution in [2.75, 3.05) is 0 Å². The normalized spacial score (nSPS) is 16.0. The van der Waals surface area contributed by atoms with Crippen LogP contribution in [0.25, 0.3) is 0 Å². The summed E-state index contributed by atoms with van der Waals surface area (Å²) in [5, 5.41) is 0. The van der Waals surface area contributed by atoms with E-state index in [1.165, 1.54) is 19.9 Å². The van der Waals surface area contributed by atoms with Gasteiger partial charge in [0.05, 0.1) is 0 Å². The highest BCUT2D eigenvalue weighted by Crippen LogP contribution is 2.56. The van der Waals surface area contributed by atoms with Gasteiger partial charge in [-0.05, 0) is 50.5 Å². The summed E-state index contributed by atoms with van der Waals surface area (Å²) in [6.45, 7) is 6.24. The zero-order valence-corrected chi connectivity index (χ0v) is 14.8. The van der Waals surface area contributed by atoms with Crippen LogP contribution in [-0.2, 0) is 5.41 Å². The molecule has 0 aromatic heterocycles. The van der Waals surface area contributed by atoms with Gasteiger partial charge in [-0.1, -0.05) is 41.2 Å². The minimum atomic E-state index is -5.61. The molecule has 0 heterocycles. The molecule has 0 saturated heterocycles. The van der Waals surface area contributed by atoms with Crippen molar-refractivity contribution in [1.82, 2.24) is 0 Å². The van der Waals surface area contributed by atoms with Gasteiger partial charge in [-0.2, -0.15) is 26.3 Å². The zero-order chi connectivity index (χ0) is 19.9. The standard InChI is InChI=1S/C20H18F6/c1-12-6-5-7-16(10-14(12)3)18(19(21,22)23,20(24,25)26)17-9-8-13(2)15(4)11-17/h8-11H,6H2,1-4H3. The van der Waals surface area contributed by atoms with E-state index in [0.29, 0.717) is 22.3 Å². The molecule has 0 amide bonds. The predicted octanol–water partition coefficient (Wildman–Crippen LogP) is 6.34. The molecule has 0 saturated carbocycles. The molecule has 0 unspecified atom stereocenters. The molecule has 0 spiro atoms. The molecule has 1 aliphatic rings. The summed E-state index contributed by atoms with van der Waals surface area (Å²) >= 11 is 0. The van der Waals surface area contributed by atoms with Gasteiger partial charge in [0.25, 0.3) is 0 Å². The van der Waals surface area contributed by atoms with Crippen LogP contribution in [0.15, 0.2) is 41.0 Å². The summed E-state index contributed by atoms with van der Waals surface area (Å²) in [6, 6.07) is 3.12. The Balaban J connectivity index is 2.96. The summed E-state index contributed by atoms with van der Waals surface area (Å²) < 4.78 is 84.5. The monoisotopic (exact) mass is 372 g/mol. The van der Waals surface area contributed by atoms with E-state index in [2.05, 4.69) is 11.8 Å². The van der Waals surface area contributed by atoms with Crippen molar-refractivity contribution in [2.45, 2.75) is 51.9 Å². The van der Waals surface area contributed by atoms with E-state index in [9.17, 15) is 26.3 Å². The zero-order valence-electron chi connectivity index (χ0n) is 14.8. The molecule has 1 aromatic carbocycles. The SMILES string of the molecule is CC1=C(C)CC#CC(C(c2ccc(C)c(C)c2)(C(F)(F)F)C(F)(F)F)=C1. The lowest BCUT2D eigenvalue weighted by atomic mass is 9.71. The van der Waals surface area contributed by atoms with Crippen LogP contribution in [0, 0.1) is 25.7 Å². The van der Waals surface area contributed by atoms with Crippen LogP contribution in [0.3, 0.4) is 0 Å². The fourth-order valence-electron chi connectivity index (χ4n) is 2.91. The van der Waals surface area contributed by atoms with Gasteiger partial charge in [-0.15, -0.1) is 0 Å². The molecule has 1 aliphatic carbocycles. The number of hydrogen-bond donors (Lipinski definition) is 0. The van der Waals surface area contributed by atoms with Gasteiger partial charge in [-0.3, -0.25) is 0 Å². The Hall–Kier alpha value is -2.16. The summed E-state index contributed by atoms with van der Waals surface area (Å²) in [7, 11) is 0. The van der Waals surface area contributed by atoms with Crippen molar-refractivity contribution in [1.29, 1.82) is 0 Å². The minimum absolute atomic E-state index is 0.130. The molecule has 0 bridgehead atoms. The average Bonchev–Trinajstić information content (AvgIpc) is 2.63. The third kappa shape index (κ3) is 3.15. The maximum Gasteiger partial charge on any atom is 0.411 e. The van der Waals surface area contributed by atoms with Crippen molar-refractivity contribution >= 4 is 0 Å².